The normalized spacial score (nSPS) is 10.8. The minimum Gasteiger partial charge on any atom is -0.434 e. The largest absolute Gasteiger partial charge is 0.434 e. The highest BCUT2D eigenvalue weighted by atomic mass is 35.5. The van der Waals surface area contributed by atoms with Gasteiger partial charge in [-0.3, -0.25) is 0 Å². The Morgan fingerprint density at radius 3 is 2.53 bits per heavy atom. The number of halogens is 3. The molecule has 0 aliphatic heterocycles. The summed E-state index contributed by atoms with van der Waals surface area (Å²) < 4.78 is 29.0. The predicted molar refractivity (Wildman–Crippen MR) is 69.4 cm³/mol. The summed E-state index contributed by atoms with van der Waals surface area (Å²) in [5, 5.41) is 9.61. The standard InChI is InChI=1S/C14H11ClF2O2/c15-12-4-2-1-3-11(12)9-5-6-10(8-18)13(7-9)19-14(16)17/h1-7,14,18H,8H2. The third-order valence-electron chi connectivity index (χ3n) is 2.64. The van der Waals surface area contributed by atoms with Crippen molar-refractivity contribution in [1.82, 2.24) is 0 Å². The zero-order valence-corrected chi connectivity index (χ0v) is 10.6. The fourth-order valence-electron chi connectivity index (χ4n) is 1.75. The van der Waals surface area contributed by atoms with E-state index in [0.29, 0.717) is 21.7 Å². The third-order valence-corrected chi connectivity index (χ3v) is 2.97. The van der Waals surface area contributed by atoms with Crippen molar-refractivity contribution in [2.45, 2.75) is 13.2 Å². The maximum absolute atomic E-state index is 12.3. The van der Waals surface area contributed by atoms with Crippen LogP contribution >= 0.6 is 11.6 Å². The van der Waals surface area contributed by atoms with Crippen LogP contribution in [0.4, 0.5) is 8.78 Å². The van der Waals surface area contributed by atoms with Crippen LogP contribution in [0.2, 0.25) is 5.02 Å². The lowest BCUT2D eigenvalue weighted by Crippen LogP contribution is -2.04. The average Bonchev–Trinajstić information content (AvgIpc) is 2.38. The molecule has 2 aromatic carbocycles. The smallest absolute Gasteiger partial charge is 0.387 e. The van der Waals surface area contributed by atoms with E-state index in [4.69, 9.17) is 16.7 Å². The van der Waals surface area contributed by atoms with E-state index in [2.05, 4.69) is 4.74 Å². The van der Waals surface area contributed by atoms with Gasteiger partial charge < -0.3 is 9.84 Å². The summed E-state index contributed by atoms with van der Waals surface area (Å²) in [6.07, 6.45) is 0. The van der Waals surface area contributed by atoms with Gasteiger partial charge >= 0.3 is 6.61 Å². The quantitative estimate of drug-likeness (QED) is 0.916. The van der Waals surface area contributed by atoms with Gasteiger partial charge in [-0.25, -0.2) is 0 Å². The second-order valence-electron chi connectivity index (χ2n) is 3.84. The lowest BCUT2D eigenvalue weighted by molar-refractivity contribution is -0.0509. The van der Waals surface area contributed by atoms with Crippen molar-refractivity contribution in [2.75, 3.05) is 0 Å². The van der Waals surface area contributed by atoms with Gasteiger partial charge in [0.1, 0.15) is 5.75 Å². The molecular formula is C14H11ClF2O2. The zero-order chi connectivity index (χ0) is 13.8. The van der Waals surface area contributed by atoms with E-state index in [9.17, 15) is 8.78 Å². The molecule has 100 valence electrons. The Morgan fingerprint density at radius 1 is 1.16 bits per heavy atom. The summed E-state index contributed by atoms with van der Waals surface area (Å²) in [7, 11) is 0. The van der Waals surface area contributed by atoms with Crippen molar-refractivity contribution in [3.8, 4) is 16.9 Å². The summed E-state index contributed by atoms with van der Waals surface area (Å²) in [6.45, 7) is -3.31. The van der Waals surface area contributed by atoms with Gasteiger partial charge in [-0.2, -0.15) is 8.78 Å². The van der Waals surface area contributed by atoms with E-state index in [-0.39, 0.29) is 12.4 Å². The van der Waals surface area contributed by atoms with Crippen LogP contribution in [0.15, 0.2) is 42.5 Å². The fraction of sp³-hybridized carbons (Fsp3) is 0.143. The number of aliphatic hydroxyl groups excluding tert-OH is 1. The summed E-state index contributed by atoms with van der Waals surface area (Å²) in [5.74, 6) is -0.0464. The molecule has 0 heterocycles. The van der Waals surface area contributed by atoms with Crippen LogP contribution in [0.25, 0.3) is 11.1 Å². The lowest BCUT2D eigenvalue weighted by atomic mass is 10.0. The minimum atomic E-state index is -2.94. The van der Waals surface area contributed by atoms with Crippen molar-refractivity contribution in [2.24, 2.45) is 0 Å². The van der Waals surface area contributed by atoms with Gasteiger partial charge in [-0.15, -0.1) is 0 Å². The first-order valence-electron chi connectivity index (χ1n) is 5.55. The molecule has 5 heteroatoms. The summed E-state index contributed by atoms with van der Waals surface area (Å²) in [5.41, 5.74) is 1.67. The Hall–Kier alpha value is -1.65. The highest BCUT2D eigenvalue weighted by Gasteiger charge is 2.12. The van der Waals surface area contributed by atoms with E-state index in [0.717, 1.165) is 0 Å². The van der Waals surface area contributed by atoms with Gasteiger partial charge in [0, 0.05) is 16.1 Å². The van der Waals surface area contributed by atoms with E-state index in [1.54, 1.807) is 30.3 Å². The molecule has 0 saturated heterocycles. The number of alkyl halides is 2. The molecule has 0 saturated carbocycles. The minimum absolute atomic E-state index is 0.0464. The molecule has 2 rings (SSSR count). The molecule has 1 N–H and O–H groups in total. The maximum Gasteiger partial charge on any atom is 0.387 e. The molecule has 2 nitrogen and oxygen atoms in total. The zero-order valence-electron chi connectivity index (χ0n) is 9.82. The van der Waals surface area contributed by atoms with Crippen molar-refractivity contribution in [3.63, 3.8) is 0 Å². The Morgan fingerprint density at radius 2 is 1.89 bits per heavy atom. The molecule has 0 unspecified atom stereocenters. The van der Waals surface area contributed by atoms with Crippen LogP contribution in [0.5, 0.6) is 5.75 Å². The van der Waals surface area contributed by atoms with E-state index in [1.165, 1.54) is 12.1 Å². The summed E-state index contributed by atoms with van der Waals surface area (Å²) >= 11 is 6.05. The number of rotatable bonds is 4. The van der Waals surface area contributed by atoms with Gasteiger partial charge in [0.25, 0.3) is 0 Å². The Labute approximate surface area is 114 Å². The molecule has 0 spiro atoms. The van der Waals surface area contributed by atoms with Gasteiger partial charge in [0.2, 0.25) is 0 Å². The SMILES string of the molecule is OCc1ccc(-c2ccccc2Cl)cc1OC(F)F. The van der Waals surface area contributed by atoms with E-state index in [1.807, 2.05) is 0 Å². The number of hydrogen-bond donors (Lipinski definition) is 1. The predicted octanol–water partition coefficient (Wildman–Crippen LogP) is 4.10. The molecule has 0 bridgehead atoms. The summed E-state index contributed by atoms with van der Waals surface area (Å²) in [6, 6.07) is 11.8. The number of aliphatic hydroxyl groups is 1. The van der Waals surface area contributed by atoms with Crippen LogP contribution in [0.1, 0.15) is 5.56 Å². The van der Waals surface area contributed by atoms with Gasteiger partial charge in [0.05, 0.1) is 6.61 Å². The van der Waals surface area contributed by atoms with Crippen molar-refractivity contribution in [3.05, 3.63) is 53.1 Å². The third kappa shape index (κ3) is 3.22. The second-order valence-corrected chi connectivity index (χ2v) is 4.25. The monoisotopic (exact) mass is 284 g/mol. The molecule has 0 aliphatic carbocycles. The molecule has 0 fully saturated rings. The molecule has 0 aromatic heterocycles. The van der Waals surface area contributed by atoms with Crippen molar-refractivity contribution >= 4 is 11.6 Å². The molecule has 0 atom stereocenters. The Balaban J connectivity index is 2.46. The van der Waals surface area contributed by atoms with Gasteiger partial charge in [-0.1, -0.05) is 41.9 Å². The number of hydrogen-bond acceptors (Lipinski definition) is 2. The van der Waals surface area contributed by atoms with Crippen LogP contribution in [-0.2, 0) is 6.61 Å². The van der Waals surface area contributed by atoms with Crippen molar-refractivity contribution in [1.29, 1.82) is 0 Å². The maximum atomic E-state index is 12.3. The molecule has 0 amide bonds. The molecule has 19 heavy (non-hydrogen) atoms. The average molecular weight is 285 g/mol. The highest BCUT2D eigenvalue weighted by Crippen LogP contribution is 2.32. The van der Waals surface area contributed by atoms with Crippen LogP contribution in [-0.4, -0.2) is 11.7 Å². The highest BCUT2D eigenvalue weighted by molar-refractivity contribution is 6.33. The Bertz CT molecular complexity index is 573. The van der Waals surface area contributed by atoms with Gasteiger partial charge in [0.15, 0.2) is 0 Å². The topological polar surface area (TPSA) is 29.5 Å². The number of ether oxygens (including phenoxy) is 1. The molecular weight excluding hydrogens is 274 g/mol. The fourth-order valence-corrected chi connectivity index (χ4v) is 2.00. The number of benzene rings is 2. The first-order valence-corrected chi connectivity index (χ1v) is 5.93. The lowest BCUT2D eigenvalue weighted by Gasteiger charge is -2.12. The van der Waals surface area contributed by atoms with E-state index < -0.39 is 6.61 Å². The van der Waals surface area contributed by atoms with Crippen LogP contribution in [0, 0.1) is 0 Å². The van der Waals surface area contributed by atoms with Gasteiger partial charge in [-0.05, 0) is 17.7 Å². The second kappa shape index (κ2) is 5.99. The van der Waals surface area contributed by atoms with Crippen molar-refractivity contribution < 1.29 is 18.6 Å². The molecule has 2 aromatic rings. The molecule has 0 radical (unpaired) electrons. The molecule has 0 aliphatic rings. The van der Waals surface area contributed by atoms with Crippen LogP contribution < -0.4 is 4.74 Å². The summed E-state index contributed by atoms with van der Waals surface area (Å²) in [4.78, 5) is 0. The van der Waals surface area contributed by atoms with Crippen LogP contribution in [0.3, 0.4) is 0 Å². The van der Waals surface area contributed by atoms with E-state index >= 15 is 0 Å². The first-order chi connectivity index (χ1) is 9.11. The first kappa shape index (κ1) is 13.8. The Kier molecular flexibility index (Phi) is 4.35.